The predicted octanol–water partition coefficient (Wildman–Crippen LogP) is 2.51. The maximum absolute atomic E-state index is 12.7. The van der Waals surface area contributed by atoms with Crippen molar-refractivity contribution >= 4 is 15.5 Å². The van der Waals surface area contributed by atoms with E-state index in [1.165, 1.54) is 6.20 Å². The summed E-state index contributed by atoms with van der Waals surface area (Å²) < 4.78 is 17.5. The van der Waals surface area contributed by atoms with E-state index in [2.05, 4.69) is 9.35 Å². The Bertz CT molecular complexity index is 719. The van der Waals surface area contributed by atoms with E-state index in [1.54, 1.807) is 30.7 Å². The fourth-order valence-corrected chi connectivity index (χ4v) is 3.04. The van der Waals surface area contributed by atoms with E-state index in [1.807, 2.05) is 26.0 Å². The largest absolute Gasteiger partial charge is 0.710 e. The van der Waals surface area contributed by atoms with E-state index in [0.29, 0.717) is 4.73 Å². The molecule has 0 aliphatic rings. The van der Waals surface area contributed by atoms with Crippen molar-refractivity contribution in [3.05, 3.63) is 59.2 Å². The molecule has 0 N–H and O–H groups in total. The number of rotatable bonds is 3. The molecule has 2 rings (SSSR count). The molecule has 0 saturated heterocycles. The van der Waals surface area contributed by atoms with E-state index in [9.17, 15) is 9.42 Å². The maximum Gasteiger partial charge on any atom is 0.336 e. The molecule has 2 aromatic rings. The molecule has 2 aromatic heterocycles. The van der Waals surface area contributed by atoms with Gasteiger partial charge in [-0.15, -0.1) is 0 Å². The average molecular weight is 291 g/mol. The van der Waals surface area contributed by atoms with Crippen LogP contribution in [0.4, 0.5) is 5.82 Å². The second kappa shape index (κ2) is 5.58. The van der Waals surface area contributed by atoms with Gasteiger partial charge in [0, 0.05) is 28.6 Å². The third kappa shape index (κ3) is 3.14. The Hall–Kier alpha value is -1.95. The van der Waals surface area contributed by atoms with Crippen molar-refractivity contribution in [3.8, 4) is 0 Å². The predicted molar refractivity (Wildman–Crippen MR) is 78.9 cm³/mol. The van der Waals surface area contributed by atoms with Crippen molar-refractivity contribution in [2.45, 2.75) is 19.1 Å². The average Bonchev–Trinajstić information content (AvgIpc) is 2.41. The summed E-state index contributed by atoms with van der Waals surface area (Å²) in [6.45, 7) is 3.72. The Morgan fingerprint density at radius 1 is 1.35 bits per heavy atom. The molecule has 0 aliphatic heterocycles. The first-order valence-corrected chi connectivity index (χ1v) is 8.20. The van der Waals surface area contributed by atoms with Gasteiger partial charge in [0.05, 0.1) is 11.4 Å². The number of hydrogen-bond acceptors (Lipinski definition) is 4. The van der Waals surface area contributed by atoms with Crippen LogP contribution in [-0.2, 0) is 9.73 Å². The lowest BCUT2D eigenvalue weighted by Crippen LogP contribution is -2.25. The molecular formula is C14H17N3O2S. The summed E-state index contributed by atoms with van der Waals surface area (Å²) in [4.78, 5) is 4.20. The summed E-state index contributed by atoms with van der Waals surface area (Å²) >= 11 is 0. The van der Waals surface area contributed by atoms with Crippen LogP contribution >= 0.6 is 0 Å². The molecule has 0 fully saturated rings. The second-order valence-electron chi connectivity index (χ2n) is 4.71. The van der Waals surface area contributed by atoms with Crippen LogP contribution in [-0.4, -0.2) is 15.4 Å². The van der Waals surface area contributed by atoms with Gasteiger partial charge in [-0.1, -0.05) is 12.1 Å². The Morgan fingerprint density at radius 2 is 2.10 bits per heavy atom. The van der Waals surface area contributed by atoms with Crippen molar-refractivity contribution in [3.63, 3.8) is 0 Å². The number of nitrogens with zero attached hydrogens (tertiary/aromatic N) is 3. The molecule has 6 heteroatoms. The van der Waals surface area contributed by atoms with Crippen molar-refractivity contribution in [2.24, 2.45) is 4.36 Å². The van der Waals surface area contributed by atoms with Crippen molar-refractivity contribution in [2.75, 3.05) is 6.26 Å². The molecule has 5 nitrogen and oxygen atoms in total. The molecule has 0 spiro atoms. The van der Waals surface area contributed by atoms with Crippen LogP contribution in [0.1, 0.15) is 23.4 Å². The number of aromatic nitrogens is 2. The molecule has 0 aliphatic carbocycles. The van der Waals surface area contributed by atoms with Crippen LogP contribution in [0.5, 0.6) is 0 Å². The summed E-state index contributed by atoms with van der Waals surface area (Å²) in [6, 6.07) is 8.62. The smallest absolute Gasteiger partial charge is 0.336 e. The van der Waals surface area contributed by atoms with Gasteiger partial charge < -0.3 is 5.21 Å². The molecule has 2 unspecified atom stereocenters. The van der Waals surface area contributed by atoms with E-state index < -0.39 is 9.73 Å². The van der Waals surface area contributed by atoms with Crippen molar-refractivity contribution in [1.29, 1.82) is 0 Å². The highest BCUT2D eigenvalue weighted by Crippen LogP contribution is 2.24. The SMILES string of the molecule is Cc1ccc(C(C)S(C)(=O)=Nc2cccc[n+]2[O-])cn1. The molecule has 0 bridgehead atoms. The molecule has 0 saturated carbocycles. The number of pyridine rings is 2. The van der Waals surface area contributed by atoms with Crippen molar-refractivity contribution < 1.29 is 8.94 Å². The minimum atomic E-state index is -2.59. The summed E-state index contributed by atoms with van der Waals surface area (Å²) in [7, 11) is -2.59. The zero-order valence-corrected chi connectivity index (χ0v) is 12.5. The Morgan fingerprint density at radius 3 is 2.70 bits per heavy atom. The molecule has 0 radical (unpaired) electrons. The first kappa shape index (κ1) is 14.5. The normalized spacial score (nSPS) is 15.3. The minimum absolute atomic E-state index is 0.159. The topological polar surface area (TPSA) is 69.3 Å². The van der Waals surface area contributed by atoms with Crippen molar-refractivity contribution in [1.82, 2.24) is 4.98 Å². The Kier molecular flexibility index (Phi) is 4.04. The van der Waals surface area contributed by atoms with Gasteiger partial charge >= 0.3 is 5.82 Å². The van der Waals surface area contributed by atoms with Gasteiger partial charge in [0.15, 0.2) is 0 Å². The highest BCUT2D eigenvalue weighted by molar-refractivity contribution is 7.93. The molecule has 2 heterocycles. The van der Waals surface area contributed by atoms with Gasteiger partial charge in [0.1, 0.15) is 9.73 Å². The van der Waals surface area contributed by atoms with Crippen LogP contribution in [0.25, 0.3) is 0 Å². The van der Waals surface area contributed by atoms with E-state index >= 15 is 0 Å². The molecule has 2 atom stereocenters. The van der Waals surface area contributed by atoms with Crippen LogP contribution in [0, 0.1) is 12.1 Å². The lowest BCUT2D eigenvalue weighted by molar-refractivity contribution is -0.591. The van der Waals surface area contributed by atoms with Gasteiger partial charge in [-0.05, 0) is 31.5 Å². The third-order valence-corrected chi connectivity index (χ3v) is 5.27. The first-order valence-electron chi connectivity index (χ1n) is 6.22. The second-order valence-corrected chi connectivity index (χ2v) is 7.32. The highest BCUT2D eigenvalue weighted by Gasteiger charge is 2.22. The Labute approximate surface area is 119 Å². The maximum atomic E-state index is 12.7. The van der Waals surface area contributed by atoms with E-state index in [0.717, 1.165) is 11.3 Å². The molecule has 0 aromatic carbocycles. The van der Waals surface area contributed by atoms with E-state index in [-0.39, 0.29) is 11.1 Å². The standard InChI is InChI=1S/C14H17N3O2S/c1-11-7-8-13(10-15-11)12(2)20(3,19)16-14-6-4-5-9-17(14)18/h4-10,12H,1-3H3. The first-order chi connectivity index (χ1) is 9.40. The fourth-order valence-electron chi connectivity index (χ4n) is 1.73. The van der Waals surface area contributed by atoms with Gasteiger partial charge in [-0.3, -0.25) is 4.98 Å². The lowest BCUT2D eigenvalue weighted by atomic mass is 10.2. The molecule has 0 amide bonds. The highest BCUT2D eigenvalue weighted by atomic mass is 32.2. The summed E-state index contributed by atoms with van der Waals surface area (Å²) in [5.41, 5.74) is 1.75. The number of hydrogen-bond donors (Lipinski definition) is 0. The Balaban J connectivity index is 2.42. The lowest BCUT2D eigenvalue weighted by Gasteiger charge is -2.11. The fraction of sp³-hybridized carbons (Fsp3) is 0.286. The monoisotopic (exact) mass is 291 g/mol. The van der Waals surface area contributed by atoms with Gasteiger partial charge in [0.25, 0.3) is 0 Å². The van der Waals surface area contributed by atoms with Gasteiger partial charge in [0.2, 0.25) is 0 Å². The zero-order chi connectivity index (χ0) is 14.8. The zero-order valence-electron chi connectivity index (χ0n) is 11.7. The van der Waals surface area contributed by atoms with E-state index in [4.69, 9.17) is 0 Å². The van der Waals surface area contributed by atoms with Gasteiger partial charge in [-0.2, -0.15) is 0 Å². The van der Waals surface area contributed by atoms with Crippen LogP contribution in [0.2, 0.25) is 0 Å². The van der Waals surface area contributed by atoms with Crippen LogP contribution in [0.15, 0.2) is 47.1 Å². The molecule has 106 valence electrons. The van der Waals surface area contributed by atoms with Crippen LogP contribution < -0.4 is 4.73 Å². The van der Waals surface area contributed by atoms with Gasteiger partial charge in [-0.25, -0.2) is 8.94 Å². The summed E-state index contributed by atoms with van der Waals surface area (Å²) in [5.74, 6) is 0.159. The number of aryl methyl sites for hydroxylation is 1. The van der Waals surface area contributed by atoms with Crippen LogP contribution in [0.3, 0.4) is 0 Å². The quantitative estimate of drug-likeness (QED) is 0.644. The minimum Gasteiger partial charge on any atom is -0.710 e. The summed E-state index contributed by atoms with van der Waals surface area (Å²) in [6.07, 6.45) is 4.60. The summed E-state index contributed by atoms with van der Waals surface area (Å²) in [5, 5.41) is 11.3. The molecule has 20 heavy (non-hydrogen) atoms. The third-order valence-electron chi connectivity index (χ3n) is 3.14. The molecular weight excluding hydrogens is 274 g/mol.